The van der Waals surface area contributed by atoms with Gasteiger partial charge in [-0.25, -0.2) is 0 Å². The Morgan fingerprint density at radius 2 is 2.00 bits per heavy atom. The quantitative estimate of drug-likeness (QED) is 0.869. The van der Waals surface area contributed by atoms with Gasteiger partial charge in [-0.05, 0) is 43.7 Å². The molecule has 0 spiro atoms. The van der Waals surface area contributed by atoms with Crippen LogP contribution in [0.1, 0.15) is 42.1 Å². The molecule has 0 bridgehead atoms. The molecule has 2 N–H and O–H groups in total. The fourth-order valence-corrected chi connectivity index (χ4v) is 3.01. The molecule has 0 saturated carbocycles. The minimum absolute atomic E-state index is 0.0189. The first kappa shape index (κ1) is 17.5. The molecule has 0 atom stereocenters. The van der Waals surface area contributed by atoms with E-state index >= 15 is 0 Å². The number of carbonyl (C=O) groups excluding carboxylic acids is 2. The molecule has 23 heavy (non-hydrogen) atoms. The van der Waals surface area contributed by atoms with Crippen LogP contribution in [0.15, 0.2) is 24.3 Å². The summed E-state index contributed by atoms with van der Waals surface area (Å²) in [5.41, 5.74) is 1.54. The molecule has 1 aliphatic rings. The molecule has 0 unspecified atom stereocenters. The van der Waals surface area contributed by atoms with Crippen molar-refractivity contribution >= 4 is 11.8 Å². The Bertz CT molecular complexity index is 557. The number of likely N-dealkylation sites (tertiary alicyclic amines) is 1. The summed E-state index contributed by atoms with van der Waals surface area (Å²) in [6.07, 6.45) is 2.56. The number of aryl methyl sites for hydroxylation is 1. The van der Waals surface area contributed by atoms with Crippen LogP contribution in [0.3, 0.4) is 0 Å². The van der Waals surface area contributed by atoms with E-state index in [-0.39, 0.29) is 30.4 Å². The van der Waals surface area contributed by atoms with Gasteiger partial charge in [-0.1, -0.05) is 24.6 Å². The normalized spacial score (nSPS) is 16.9. The van der Waals surface area contributed by atoms with Crippen LogP contribution in [0.2, 0.25) is 0 Å². The lowest BCUT2D eigenvalue weighted by Gasteiger charge is -2.40. The maximum absolute atomic E-state index is 12.2. The van der Waals surface area contributed by atoms with Crippen LogP contribution in [-0.4, -0.2) is 48.1 Å². The number of piperidine rings is 1. The summed E-state index contributed by atoms with van der Waals surface area (Å²) in [6.45, 7) is 5.49. The zero-order valence-electron chi connectivity index (χ0n) is 14.0. The summed E-state index contributed by atoms with van der Waals surface area (Å²) in [7, 11) is 0. The van der Waals surface area contributed by atoms with Crippen LogP contribution in [0.25, 0.3) is 0 Å². The summed E-state index contributed by atoms with van der Waals surface area (Å²) < 4.78 is 0. The zero-order valence-corrected chi connectivity index (χ0v) is 14.0. The SMILES string of the molecule is CCC1(CO)CCN(C(=O)CNC(=O)c2cccc(C)c2)CC1. The van der Waals surface area contributed by atoms with Crippen molar-refractivity contribution in [1.29, 1.82) is 0 Å². The molecule has 5 nitrogen and oxygen atoms in total. The van der Waals surface area contributed by atoms with Gasteiger partial charge in [0.25, 0.3) is 5.91 Å². The van der Waals surface area contributed by atoms with Gasteiger partial charge in [-0.15, -0.1) is 0 Å². The molecule has 1 aromatic carbocycles. The smallest absolute Gasteiger partial charge is 0.251 e. The number of aliphatic hydroxyl groups excluding tert-OH is 1. The molecule has 1 fully saturated rings. The minimum Gasteiger partial charge on any atom is -0.396 e. The van der Waals surface area contributed by atoms with Gasteiger partial charge in [-0.3, -0.25) is 9.59 Å². The van der Waals surface area contributed by atoms with E-state index in [1.807, 2.05) is 19.1 Å². The Labute approximate surface area is 137 Å². The Morgan fingerprint density at radius 1 is 1.30 bits per heavy atom. The number of nitrogens with zero attached hydrogens (tertiary/aromatic N) is 1. The Balaban J connectivity index is 1.83. The van der Waals surface area contributed by atoms with E-state index in [9.17, 15) is 14.7 Å². The highest BCUT2D eigenvalue weighted by atomic mass is 16.3. The number of rotatable bonds is 5. The third kappa shape index (κ3) is 4.32. The molecular formula is C18H26N2O3. The van der Waals surface area contributed by atoms with Crippen LogP contribution in [0, 0.1) is 12.3 Å². The highest BCUT2D eigenvalue weighted by Gasteiger charge is 2.33. The van der Waals surface area contributed by atoms with Gasteiger partial charge in [0, 0.05) is 25.3 Å². The second-order valence-corrected chi connectivity index (χ2v) is 6.44. The van der Waals surface area contributed by atoms with Gasteiger partial charge in [0.05, 0.1) is 6.54 Å². The summed E-state index contributed by atoms with van der Waals surface area (Å²) >= 11 is 0. The van der Waals surface area contributed by atoms with Crippen LogP contribution < -0.4 is 5.32 Å². The highest BCUT2D eigenvalue weighted by molar-refractivity contribution is 5.96. The Kier molecular flexibility index (Phi) is 5.77. The van der Waals surface area contributed by atoms with Gasteiger partial charge >= 0.3 is 0 Å². The summed E-state index contributed by atoms with van der Waals surface area (Å²) in [5, 5.41) is 12.2. The molecule has 5 heteroatoms. The molecule has 2 rings (SSSR count). The van der Waals surface area contributed by atoms with E-state index in [1.54, 1.807) is 17.0 Å². The van der Waals surface area contributed by atoms with Crippen LogP contribution in [0.4, 0.5) is 0 Å². The van der Waals surface area contributed by atoms with Crippen LogP contribution in [-0.2, 0) is 4.79 Å². The maximum Gasteiger partial charge on any atom is 0.251 e. The highest BCUT2D eigenvalue weighted by Crippen LogP contribution is 2.34. The Hall–Kier alpha value is -1.88. The average Bonchev–Trinajstić information content (AvgIpc) is 2.59. The van der Waals surface area contributed by atoms with Crippen LogP contribution in [0.5, 0.6) is 0 Å². The Morgan fingerprint density at radius 3 is 2.57 bits per heavy atom. The van der Waals surface area contributed by atoms with Crippen molar-refractivity contribution < 1.29 is 14.7 Å². The predicted molar refractivity (Wildman–Crippen MR) is 89.1 cm³/mol. The number of hydrogen-bond donors (Lipinski definition) is 2. The fourth-order valence-electron chi connectivity index (χ4n) is 3.01. The molecule has 126 valence electrons. The van der Waals surface area contributed by atoms with Crippen molar-refractivity contribution in [3.05, 3.63) is 35.4 Å². The first-order valence-corrected chi connectivity index (χ1v) is 8.23. The third-order valence-electron chi connectivity index (χ3n) is 4.94. The minimum atomic E-state index is -0.225. The second-order valence-electron chi connectivity index (χ2n) is 6.44. The van der Waals surface area contributed by atoms with E-state index in [4.69, 9.17) is 0 Å². The molecule has 0 aliphatic carbocycles. The van der Waals surface area contributed by atoms with E-state index in [0.29, 0.717) is 18.7 Å². The lowest BCUT2D eigenvalue weighted by atomic mass is 9.77. The van der Waals surface area contributed by atoms with Crippen molar-refractivity contribution in [2.24, 2.45) is 5.41 Å². The largest absolute Gasteiger partial charge is 0.396 e. The molecule has 0 radical (unpaired) electrons. The summed E-state index contributed by atoms with van der Waals surface area (Å²) in [6, 6.07) is 7.30. The van der Waals surface area contributed by atoms with Gasteiger partial charge < -0.3 is 15.3 Å². The standard InChI is InChI=1S/C18H26N2O3/c1-3-18(13-21)7-9-20(10-8-18)16(22)12-19-17(23)15-6-4-5-14(2)11-15/h4-6,11,21H,3,7-10,12-13H2,1-2H3,(H,19,23). The topological polar surface area (TPSA) is 69.6 Å². The monoisotopic (exact) mass is 318 g/mol. The summed E-state index contributed by atoms with van der Waals surface area (Å²) in [5.74, 6) is -0.286. The molecule has 1 heterocycles. The van der Waals surface area contributed by atoms with Crippen LogP contribution >= 0.6 is 0 Å². The first-order valence-electron chi connectivity index (χ1n) is 8.23. The van der Waals surface area contributed by atoms with Crippen molar-refractivity contribution in [1.82, 2.24) is 10.2 Å². The number of hydrogen-bond acceptors (Lipinski definition) is 3. The second kappa shape index (κ2) is 7.59. The van der Waals surface area contributed by atoms with Crippen molar-refractivity contribution in [2.75, 3.05) is 26.2 Å². The molecular weight excluding hydrogens is 292 g/mol. The van der Waals surface area contributed by atoms with Crippen molar-refractivity contribution in [3.8, 4) is 0 Å². The first-order chi connectivity index (χ1) is 11.0. The maximum atomic E-state index is 12.2. The molecule has 2 amide bonds. The predicted octanol–water partition coefficient (Wildman–Crippen LogP) is 1.74. The molecule has 1 aromatic rings. The van der Waals surface area contributed by atoms with Gasteiger partial charge in [0.15, 0.2) is 0 Å². The van der Waals surface area contributed by atoms with E-state index in [1.165, 1.54) is 0 Å². The number of carbonyl (C=O) groups is 2. The van der Waals surface area contributed by atoms with Crippen molar-refractivity contribution in [3.63, 3.8) is 0 Å². The lowest BCUT2D eigenvalue weighted by Crippen LogP contribution is -2.47. The van der Waals surface area contributed by atoms with E-state index in [2.05, 4.69) is 12.2 Å². The molecule has 0 aromatic heterocycles. The van der Waals surface area contributed by atoms with E-state index < -0.39 is 0 Å². The zero-order chi connectivity index (χ0) is 16.9. The van der Waals surface area contributed by atoms with Gasteiger partial charge in [0.2, 0.25) is 5.91 Å². The third-order valence-corrected chi connectivity index (χ3v) is 4.94. The van der Waals surface area contributed by atoms with Crippen molar-refractivity contribution in [2.45, 2.75) is 33.1 Å². The van der Waals surface area contributed by atoms with Gasteiger partial charge in [-0.2, -0.15) is 0 Å². The molecule has 1 saturated heterocycles. The number of nitrogens with one attached hydrogen (secondary N) is 1. The summed E-state index contributed by atoms with van der Waals surface area (Å²) in [4.78, 5) is 26.1. The van der Waals surface area contributed by atoms with Gasteiger partial charge in [0.1, 0.15) is 0 Å². The number of benzene rings is 1. The van der Waals surface area contributed by atoms with E-state index in [0.717, 1.165) is 24.8 Å². The number of amides is 2. The lowest BCUT2D eigenvalue weighted by molar-refractivity contribution is -0.133. The average molecular weight is 318 g/mol. The fraction of sp³-hybridized carbons (Fsp3) is 0.556. The molecule has 1 aliphatic heterocycles. The number of aliphatic hydroxyl groups is 1.